The molecule has 0 bridgehead atoms. The number of hydrogen-bond donors (Lipinski definition) is 5. The highest BCUT2D eigenvalue weighted by Crippen LogP contribution is 2.13. The van der Waals surface area contributed by atoms with Crippen molar-refractivity contribution < 1.29 is 20.4 Å². The maximum atomic E-state index is 9.15. The fraction of sp³-hybridized carbons (Fsp3) is 1.00. The second-order valence-corrected chi connectivity index (χ2v) is 2.87. The Morgan fingerprint density at radius 2 is 1.45 bits per heavy atom. The fourth-order valence-corrected chi connectivity index (χ4v) is 1.15. The zero-order chi connectivity index (χ0) is 8.59. The minimum Gasteiger partial charge on any atom is -0.389 e. The van der Waals surface area contributed by atoms with Gasteiger partial charge in [0.2, 0.25) is 0 Å². The van der Waals surface area contributed by atoms with Gasteiger partial charge in [0.05, 0.1) is 6.10 Å². The molecule has 0 unspecified atom stereocenters. The molecule has 0 aromatic heterocycles. The van der Waals surface area contributed by atoms with Gasteiger partial charge in [0.25, 0.3) is 0 Å². The summed E-state index contributed by atoms with van der Waals surface area (Å²) < 4.78 is 0. The van der Waals surface area contributed by atoms with Gasteiger partial charge in [0, 0.05) is 6.04 Å². The lowest BCUT2D eigenvalue weighted by atomic mass is 9.96. The van der Waals surface area contributed by atoms with Crippen LogP contribution in [0.25, 0.3) is 0 Å². The van der Waals surface area contributed by atoms with E-state index < -0.39 is 30.6 Å². The third kappa shape index (κ3) is 1.52. The van der Waals surface area contributed by atoms with Crippen LogP contribution in [-0.2, 0) is 0 Å². The van der Waals surface area contributed by atoms with Crippen molar-refractivity contribution in [3.8, 4) is 0 Å². The van der Waals surface area contributed by atoms with Gasteiger partial charge in [0.1, 0.15) is 18.4 Å². The van der Waals surface area contributed by atoms with E-state index in [0.29, 0.717) is 0 Å². The van der Waals surface area contributed by atoms with Crippen LogP contribution in [-0.4, -0.2) is 51.0 Å². The quantitative estimate of drug-likeness (QED) is 0.269. The Hall–Kier alpha value is -0.200. The van der Waals surface area contributed by atoms with Crippen molar-refractivity contribution in [2.75, 3.05) is 0 Å². The van der Waals surface area contributed by atoms with Gasteiger partial charge in [0.15, 0.2) is 0 Å². The average Bonchev–Trinajstić information content (AvgIpc) is 1.97. The molecule has 1 saturated heterocycles. The topological polar surface area (TPSA) is 93.0 Å². The number of aliphatic hydroxyl groups excluding tert-OH is 4. The summed E-state index contributed by atoms with van der Waals surface area (Å²) in [6.07, 6.45) is -4.79. The molecule has 5 N–H and O–H groups in total. The summed E-state index contributed by atoms with van der Waals surface area (Å²) in [6, 6.07) is -0.414. The van der Waals surface area contributed by atoms with E-state index in [4.69, 9.17) is 20.4 Å². The molecule has 1 aliphatic rings. The van der Waals surface area contributed by atoms with Gasteiger partial charge >= 0.3 is 0 Å². The van der Waals surface area contributed by atoms with E-state index in [9.17, 15) is 0 Å². The highest BCUT2D eigenvalue weighted by atomic mass is 16.4. The van der Waals surface area contributed by atoms with Crippen LogP contribution < -0.4 is 5.32 Å². The summed E-state index contributed by atoms with van der Waals surface area (Å²) in [4.78, 5) is 0. The SMILES string of the molecule is C[C@@H]1N[C@@H](O)[C@@H](O)[C@H](O)[C@H]1O. The minimum atomic E-state index is -1.32. The molecule has 0 saturated carbocycles. The predicted molar refractivity (Wildman–Crippen MR) is 36.6 cm³/mol. The van der Waals surface area contributed by atoms with Crippen molar-refractivity contribution >= 4 is 0 Å². The third-order valence-corrected chi connectivity index (χ3v) is 1.97. The molecule has 1 rings (SSSR count). The standard InChI is InChI=1S/C6H13NO4/c1-2-3(8)4(9)5(10)6(11)7-2/h2-11H,1H3/t2-,3-,4+,5-,6-/m0/s1. The zero-order valence-corrected chi connectivity index (χ0v) is 6.18. The Balaban J connectivity index is 2.63. The average molecular weight is 163 g/mol. The molecule has 5 atom stereocenters. The van der Waals surface area contributed by atoms with Gasteiger partial charge in [-0.3, -0.25) is 5.32 Å². The maximum Gasteiger partial charge on any atom is 0.134 e. The van der Waals surface area contributed by atoms with Crippen molar-refractivity contribution in [1.82, 2.24) is 5.32 Å². The van der Waals surface area contributed by atoms with E-state index in [-0.39, 0.29) is 0 Å². The predicted octanol–water partition coefficient (Wildman–Crippen LogP) is -2.62. The van der Waals surface area contributed by atoms with Crippen LogP contribution in [0.3, 0.4) is 0 Å². The lowest BCUT2D eigenvalue weighted by molar-refractivity contribution is -0.154. The van der Waals surface area contributed by atoms with Crippen LogP contribution in [0, 0.1) is 0 Å². The molecular weight excluding hydrogens is 150 g/mol. The van der Waals surface area contributed by atoms with E-state index >= 15 is 0 Å². The van der Waals surface area contributed by atoms with Crippen LogP contribution in [0.1, 0.15) is 6.92 Å². The molecular formula is C6H13NO4. The monoisotopic (exact) mass is 163 g/mol. The minimum absolute atomic E-state index is 0.414. The van der Waals surface area contributed by atoms with E-state index in [2.05, 4.69) is 5.32 Å². The summed E-state index contributed by atoms with van der Waals surface area (Å²) in [5, 5.41) is 38.8. The largest absolute Gasteiger partial charge is 0.389 e. The van der Waals surface area contributed by atoms with Crippen molar-refractivity contribution in [3.05, 3.63) is 0 Å². The van der Waals surface area contributed by atoms with Crippen LogP contribution in [0.4, 0.5) is 0 Å². The molecule has 0 radical (unpaired) electrons. The Bertz CT molecular complexity index is 129. The molecule has 66 valence electrons. The first-order valence-electron chi connectivity index (χ1n) is 3.52. The smallest absolute Gasteiger partial charge is 0.134 e. The van der Waals surface area contributed by atoms with Crippen LogP contribution in [0.15, 0.2) is 0 Å². The number of nitrogens with one attached hydrogen (secondary N) is 1. The highest BCUT2D eigenvalue weighted by Gasteiger charge is 2.39. The summed E-state index contributed by atoms with van der Waals surface area (Å²) in [6.45, 7) is 1.61. The second kappa shape index (κ2) is 3.04. The van der Waals surface area contributed by atoms with Crippen molar-refractivity contribution in [3.63, 3.8) is 0 Å². The second-order valence-electron chi connectivity index (χ2n) is 2.87. The van der Waals surface area contributed by atoms with Crippen molar-refractivity contribution in [1.29, 1.82) is 0 Å². The molecule has 0 aliphatic carbocycles. The van der Waals surface area contributed by atoms with Crippen molar-refractivity contribution in [2.24, 2.45) is 0 Å². The molecule has 0 aromatic carbocycles. The molecule has 5 heteroatoms. The lowest BCUT2D eigenvalue weighted by Crippen LogP contribution is -2.63. The van der Waals surface area contributed by atoms with Gasteiger partial charge in [-0.25, -0.2) is 0 Å². The maximum absolute atomic E-state index is 9.15. The molecule has 0 aromatic rings. The van der Waals surface area contributed by atoms with Gasteiger partial charge in [-0.2, -0.15) is 0 Å². The zero-order valence-electron chi connectivity index (χ0n) is 6.18. The Morgan fingerprint density at radius 3 is 2.00 bits per heavy atom. The van der Waals surface area contributed by atoms with Crippen LogP contribution in [0.5, 0.6) is 0 Å². The molecule has 1 aliphatic heterocycles. The van der Waals surface area contributed by atoms with Crippen LogP contribution in [0.2, 0.25) is 0 Å². The van der Waals surface area contributed by atoms with E-state index in [1.165, 1.54) is 0 Å². The normalized spacial score (nSPS) is 52.6. The number of hydrogen-bond acceptors (Lipinski definition) is 5. The summed E-state index contributed by atoms with van der Waals surface area (Å²) in [5.41, 5.74) is 0. The number of rotatable bonds is 0. The number of aliphatic hydroxyl groups is 4. The first-order chi connectivity index (χ1) is 5.04. The number of piperidine rings is 1. The Morgan fingerprint density at radius 1 is 0.909 bits per heavy atom. The van der Waals surface area contributed by atoms with Gasteiger partial charge < -0.3 is 20.4 Å². The van der Waals surface area contributed by atoms with Gasteiger partial charge in [-0.1, -0.05) is 0 Å². The fourth-order valence-electron chi connectivity index (χ4n) is 1.15. The molecule has 1 fully saturated rings. The molecule has 0 spiro atoms. The summed E-state index contributed by atoms with van der Waals surface area (Å²) in [7, 11) is 0. The van der Waals surface area contributed by atoms with Gasteiger partial charge in [-0.05, 0) is 6.92 Å². The molecule has 11 heavy (non-hydrogen) atoms. The van der Waals surface area contributed by atoms with Crippen LogP contribution >= 0.6 is 0 Å². The molecule has 0 amide bonds. The molecule has 5 nitrogen and oxygen atoms in total. The van der Waals surface area contributed by atoms with Gasteiger partial charge in [-0.15, -0.1) is 0 Å². The molecule has 1 heterocycles. The lowest BCUT2D eigenvalue weighted by Gasteiger charge is -2.37. The van der Waals surface area contributed by atoms with E-state index in [1.54, 1.807) is 6.92 Å². The Labute approximate surface area is 64.3 Å². The van der Waals surface area contributed by atoms with E-state index in [0.717, 1.165) is 0 Å². The summed E-state index contributed by atoms with van der Waals surface area (Å²) in [5.74, 6) is 0. The first kappa shape index (κ1) is 8.89. The Kier molecular flexibility index (Phi) is 2.46. The highest BCUT2D eigenvalue weighted by molar-refractivity contribution is 4.91. The van der Waals surface area contributed by atoms with E-state index in [1.807, 2.05) is 0 Å². The van der Waals surface area contributed by atoms with Crippen molar-refractivity contribution in [2.45, 2.75) is 37.5 Å². The third-order valence-electron chi connectivity index (χ3n) is 1.97. The summed E-state index contributed by atoms with van der Waals surface area (Å²) >= 11 is 0. The first-order valence-corrected chi connectivity index (χ1v) is 3.52.